The summed E-state index contributed by atoms with van der Waals surface area (Å²) in [6.45, 7) is 2.02. The minimum absolute atomic E-state index is 0.112. The first-order valence-corrected chi connectivity index (χ1v) is 11.1. The molecule has 4 heterocycles. The predicted octanol–water partition coefficient (Wildman–Crippen LogP) is 2.13. The van der Waals surface area contributed by atoms with E-state index in [4.69, 9.17) is 14.1 Å². The van der Waals surface area contributed by atoms with Gasteiger partial charge >= 0.3 is 6.03 Å². The Hall–Kier alpha value is -4.08. The number of nitrogens with one attached hydrogen (secondary N) is 2. The van der Waals surface area contributed by atoms with Crippen molar-refractivity contribution in [2.75, 3.05) is 31.6 Å². The Balaban J connectivity index is 1.46. The number of ether oxygens (including phenoxy) is 1. The SMILES string of the molecule is COc1ccc(CN(C=O)C[C@@]2(c3cc4nc(N5CCCC5)ccc4o3)NC(=O)NC2=O)cc1. The number of hydrogen-bond donors (Lipinski definition) is 2. The molecule has 1 aromatic carbocycles. The molecule has 5 rings (SSSR count). The molecule has 2 aromatic heterocycles. The van der Waals surface area contributed by atoms with Gasteiger partial charge in [0.1, 0.15) is 22.8 Å². The lowest BCUT2D eigenvalue weighted by molar-refractivity contribution is -0.127. The maximum Gasteiger partial charge on any atom is 0.322 e. The number of methoxy groups -OCH3 is 1. The Morgan fingerprint density at radius 1 is 1.18 bits per heavy atom. The van der Waals surface area contributed by atoms with Gasteiger partial charge in [0.25, 0.3) is 5.91 Å². The number of benzene rings is 1. The molecule has 2 aliphatic heterocycles. The van der Waals surface area contributed by atoms with Crippen LogP contribution in [0.2, 0.25) is 0 Å². The van der Waals surface area contributed by atoms with Crippen LogP contribution >= 0.6 is 0 Å². The average Bonchev–Trinajstić information content (AvgIpc) is 3.58. The van der Waals surface area contributed by atoms with E-state index in [1.54, 1.807) is 25.3 Å². The van der Waals surface area contributed by atoms with E-state index in [1.807, 2.05) is 24.3 Å². The number of anilines is 1. The summed E-state index contributed by atoms with van der Waals surface area (Å²) in [4.78, 5) is 45.4. The lowest BCUT2D eigenvalue weighted by Crippen LogP contribution is -2.52. The minimum atomic E-state index is -1.57. The van der Waals surface area contributed by atoms with Crippen LogP contribution in [0.5, 0.6) is 5.75 Å². The van der Waals surface area contributed by atoms with Gasteiger partial charge in [-0.15, -0.1) is 0 Å². The fourth-order valence-electron chi connectivity index (χ4n) is 4.50. The first kappa shape index (κ1) is 21.7. The fraction of sp³-hybridized carbons (Fsp3) is 0.333. The van der Waals surface area contributed by atoms with Gasteiger partial charge in [-0.1, -0.05) is 12.1 Å². The summed E-state index contributed by atoms with van der Waals surface area (Å²) in [6, 6.07) is 12.0. The third-order valence-corrected chi connectivity index (χ3v) is 6.29. The van der Waals surface area contributed by atoms with Crippen LogP contribution in [0.3, 0.4) is 0 Å². The first-order chi connectivity index (χ1) is 16.5. The van der Waals surface area contributed by atoms with Gasteiger partial charge in [-0.2, -0.15) is 0 Å². The highest BCUT2D eigenvalue weighted by atomic mass is 16.5. The summed E-state index contributed by atoms with van der Waals surface area (Å²) >= 11 is 0. The van der Waals surface area contributed by atoms with Gasteiger partial charge in [-0.05, 0) is 42.7 Å². The average molecular weight is 463 g/mol. The third kappa shape index (κ3) is 3.91. The quantitative estimate of drug-likeness (QED) is 0.388. The number of carbonyl (C=O) groups excluding carboxylic acids is 3. The lowest BCUT2D eigenvalue weighted by atomic mass is 9.95. The Morgan fingerprint density at radius 2 is 1.94 bits per heavy atom. The molecule has 0 bridgehead atoms. The topological polar surface area (TPSA) is 117 Å². The molecular weight excluding hydrogens is 438 g/mol. The molecule has 0 unspecified atom stereocenters. The lowest BCUT2D eigenvalue weighted by Gasteiger charge is -2.29. The number of fused-ring (bicyclic) bond motifs is 1. The number of nitrogens with zero attached hydrogens (tertiary/aromatic N) is 3. The summed E-state index contributed by atoms with van der Waals surface area (Å²) < 4.78 is 11.2. The van der Waals surface area contributed by atoms with Crippen LogP contribution < -0.4 is 20.3 Å². The van der Waals surface area contributed by atoms with Crippen molar-refractivity contribution in [2.24, 2.45) is 0 Å². The Kier molecular flexibility index (Phi) is 5.56. The van der Waals surface area contributed by atoms with E-state index in [1.165, 1.54) is 4.90 Å². The molecule has 4 amide bonds. The smallest absolute Gasteiger partial charge is 0.322 e. The first-order valence-electron chi connectivity index (χ1n) is 11.1. The van der Waals surface area contributed by atoms with Gasteiger partial charge in [0.15, 0.2) is 11.1 Å². The number of furan rings is 1. The minimum Gasteiger partial charge on any atom is -0.497 e. The van der Waals surface area contributed by atoms with E-state index >= 15 is 0 Å². The van der Waals surface area contributed by atoms with E-state index in [0.717, 1.165) is 37.3 Å². The zero-order valence-electron chi connectivity index (χ0n) is 18.7. The predicted molar refractivity (Wildman–Crippen MR) is 123 cm³/mol. The Bertz CT molecular complexity index is 1230. The van der Waals surface area contributed by atoms with Crippen LogP contribution in [0.4, 0.5) is 10.6 Å². The molecule has 3 aromatic rings. The molecule has 1 atom stereocenters. The van der Waals surface area contributed by atoms with Crippen molar-refractivity contribution in [2.45, 2.75) is 24.9 Å². The van der Waals surface area contributed by atoms with Crippen molar-refractivity contribution in [1.29, 1.82) is 0 Å². The van der Waals surface area contributed by atoms with Crippen molar-refractivity contribution in [3.05, 3.63) is 53.8 Å². The summed E-state index contributed by atoms with van der Waals surface area (Å²) in [5.41, 5.74) is 0.354. The fourth-order valence-corrected chi connectivity index (χ4v) is 4.50. The number of aromatic nitrogens is 1. The highest BCUT2D eigenvalue weighted by Crippen LogP contribution is 2.32. The van der Waals surface area contributed by atoms with Crippen LogP contribution in [0.1, 0.15) is 24.2 Å². The third-order valence-electron chi connectivity index (χ3n) is 6.29. The van der Waals surface area contributed by atoms with Crippen LogP contribution in [0, 0.1) is 0 Å². The van der Waals surface area contributed by atoms with Crippen LogP contribution in [0.25, 0.3) is 11.1 Å². The number of rotatable bonds is 8. The van der Waals surface area contributed by atoms with Gasteiger partial charge in [-0.25, -0.2) is 9.78 Å². The summed E-state index contributed by atoms with van der Waals surface area (Å²) in [5, 5.41) is 4.96. The maximum atomic E-state index is 13.0. The van der Waals surface area contributed by atoms with Crippen molar-refractivity contribution in [3.63, 3.8) is 0 Å². The molecule has 0 spiro atoms. The maximum absolute atomic E-state index is 13.0. The summed E-state index contributed by atoms with van der Waals surface area (Å²) in [5.74, 6) is 1.18. The molecule has 176 valence electrons. The van der Waals surface area contributed by atoms with E-state index in [2.05, 4.69) is 15.5 Å². The number of pyridine rings is 1. The summed E-state index contributed by atoms with van der Waals surface area (Å²) in [6.07, 6.45) is 2.90. The monoisotopic (exact) mass is 463 g/mol. The standard InChI is InChI=1S/C24H25N5O5/c1-33-17-6-4-16(5-7-17)13-28(15-30)14-24(22(31)26-23(32)27-24)20-12-18-19(34-20)8-9-21(25-18)29-10-2-3-11-29/h4-9,12,15H,2-3,10-11,13-14H2,1H3,(H2,26,27,31,32)/t24-/m0/s1. The second-order valence-corrected chi connectivity index (χ2v) is 8.53. The van der Waals surface area contributed by atoms with Crippen LogP contribution in [-0.4, -0.2) is 55.0 Å². The molecule has 2 saturated heterocycles. The van der Waals surface area contributed by atoms with E-state index in [-0.39, 0.29) is 18.8 Å². The van der Waals surface area contributed by atoms with Crippen LogP contribution in [0.15, 0.2) is 46.9 Å². The van der Waals surface area contributed by atoms with Gasteiger partial charge in [0, 0.05) is 25.7 Å². The highest BCUT2D eigenvalue weighted by molar-refractivity contribution is 6.07. The van der Waals surface area contributed by atoms with Gasteiger partial charge in [0.2, 0.25) is 6.41 Å². The van der Waals surface area contributed by atoms with Gasteiger partial charge in [0.05, 0.1) is 13.7 Å². The Morgan fingerprint density at radius 3 is 2.59 bits per heavy atom. The summed E-state index contributed by atoms with van der Waals surface area (Å²) in [7, 11) is 1.58. The zero-order chi connectivity index (χ0) is 23.7. The highest BCUT2D eigenvalue weighted by Gasteiger charge is 2.51. The Labute approximate surface area is 195 Å². The molecule has 0 aliphatic carbocycles. The van der Waals surface area contributed by atoms with Gasteiger partial charge in [-0.3, -0.25) is 14.9 Å². The molecule has 0 saturated carbocycles. The second-order valence-electron chi connectivity index (χ2n) is 8.53. The second kappa shape index (κ2) is 8.69. The number of carbonyl (C=O) groups is 3. The van der Waals surface area contributed by atoms with E-state index < -0.39 is 17.5 Å². The van der Waals surface area contributed by atoms with E-state index in [9.17, 15) is 14.4 Å². The molecule has 2 aliphatic rings. The molecule has 10 nitrogen and oxygen atoms in total. The molecule has 2 fully saturated rings. The van der Waals surface area contributed by atoms with Gasteiger partial charge < -0.3 is 24.3 Å². The molecule has 2 N–H and O–H groups in total. The van der Waals surface area contributed by atoms with Crippen molar-refractivity contribution >= 4 is 35.3 Å². The zero-order valence-corrected chi connectivity index (χ0v) is 18.7. The number of urea groups is 1. The van der Waals surface area contributed by atoms with Crippen molar-refractivity contribution < 1.29 is 23.5 Å². The number of hydrogen-bond acceptors (Lipinski definition) is 7. The molecule has 0 radical (unpaired) electrons. The molecule has 34 heavy (non-hydrogen) atoms. The number of amides is 4. The van der Waals surface area contributed by atoms with Crippen LogP contribution in [-0.2, 0) is 21.7 Å². The molecule has 10 heteroatoms. The van der Waals surface area contributed by atoms with Crippen molar-refractivity contribution in [3.8, 4) is 5.75 Å². The molecular formula is C24H25N5O5. The normalized spacial score (nSPS) is 19.9. The van der Waals surface area contributed by atoms with Crippen molar-refractivity contribution in [1.82, 2.24) is 20.5 Å². The number of imide groups is 1. The van der Waals surface area contributed by atoms with E-state index in [0.29, 0.717) is 23.3 Å². The largest absolute Gasteiger partial charge is 0.497 e.